The number of rotatable bonds is 6. The lowest BCUT2D eigenvalue weighted by Gasteiger charge is -2.08. The zero-order valence-electron chi connectivity index (χ0n) is 10.8. The Kier molecular flexibility index (Phi) is 4.97. The van der Waals surface area contributed by atoms with E-state index in [2.05, 4.69) is 21.2 Å². The average molecular weight is 357 g/mol. The van der Waals surface area contributed by atoms with E-state index >= 15 is 0 Å². The lowest BCUT2D eigenvalue weighted by atomic mass is 10.2. The third-order valence-electron chi connectivity index (χ3n) is 2.55. The average Bonchev–Trinajstić information content (AvgIpc) is 2.82. The Balaban J connectivity index is 2.12. The van der Waals surface area contributed by atoms with Crippen molar-refractivity contribution in [3.63, 3.8) is 0 Å². The second kappa shape index (κ2) is 6.71. The Morgan fingerprint density at radius 1 is 1.40 bits per heavy atom. The van der Waals surface area contributed by atoms with Crippen LogP contribution in [0.5, 0.6) is 5.75 Å². The number of thiophene rings is 1. The smallest absolute Gasteiger partial charge is 0.311 e. The Morgan fingerprint density at radius 2 is 2.20 bits per heavy atom. The zero-order valence-corrected chi connectivity index (χ0v) is 13.2. The number of ether oxygens (including phenoxy) is 1. The first-order valence-electron chi connectivity index (χ1n) is 5.99. The molecule has 0 aliphatic carbocycles. The summed E-state index contributed by atoms with van der Waals surface area (Å²) in [7, 11) is 0. The van der Waals surface area contributed by atoms with Gasteiger partial charge in [0.25, 0.3) is 0 Å². The largest absolute Gasteiger partial charge is 0.487 e. The zero-order chi connectivity index (χ0) is 14.5. The molecule has 7 heteroatoms. The van der Waals surface area contributed by atoms with Crippen molar-refractivity contribution < 1.29 is 9.66 Å². The fourth-order valence-electron chi connectivity index (χ4n) is 1.68. The van der Waals surface area contributed by atoms with Crippen molar-refractivity contribution in [2.45, 2.75) is 13.5 Å². The molecule has 0 saturated carbocycles. The Hall–Kier alpha value is -1.60. The molecule has 0 amide bonds. The minimum Gasteiger partial charge on any atom is -0.487 e. The summed E-state index contributed by atoms with van der Waals surface area (Å²) >= 11 is 5.06. The summed E-state index contributed by atoms with van der Waals surface area (Å²) in [6.45, 7) is 2.86. The second-order valence-corrected chi connectivity index (χ2v) is 6.48. The summed E-state index contributed by atoms with van der Waals surface area (Å²) in [4.78, 5) is 11.6. The minimum atomic E-state index is -0.439. The van der Waals surface area contributed by atoms with Crippen molar-refractivity contribution in [3.05, 3.63) is 49.1 Å². The van der Waals surface area contributed by atoms with E-state index in [9.17, 15) is 10.1 Å². The van der Waals surface area contributed by atoms with Crippen LogP contribution in [0.3, 0.4) is 0 Å². The van der Waals surface area contributed by atoms with Gasteiger partial charge in [0.15, 0.2) is 5.75 Å². The molecule has 0 fully saturated rings. The number of nitro groups is 1. The van der Waals surface area contributed by atoms with Crippen LogP contribution in [0.1, 0.15) is 11.8 Å². The van der Waals surface area contributed by atoms with Crippen molar-refractivity contribution in [2.75, 3.05) is 11.9 Å². The molecule has 2 rings (SSSR count). The van der Waals surface area contributed by atoms with E-state index in [-0.39, 0.29) is 11.4 Å². The molecule has 0 aliphatic rings. The van der Waals surface area contributed by atoms with Gasteiger partial charge in [-0.05, 0) is 41.1 Å². The highest BCUT2D eigenvalue weighted by atomic mass is 79.9. The maximum atomic E-state index is 10.9. The molecule has 1 N–H and O–H groups in total. The molecular weight excluding hydrogens is 344 g/mol. The van der Waals surface area contributed by atoms with Gasteiger partial charge in [-0.2, -0.15) is 0 Å². The van der Waals surface area contributed by atoms with Crippen LogP contribution >= 0.6 is 27.3 Å². The Morgan fingerprint density at radius 3 is 2.80 bits per heavy atom. The molecule has 2 aromatic rings. The number of hydrogen-bond donors (Lipinski definition) is 1. The summed E-state index contributed by atoms with van der Waals surface area (Å²) in [6, 6.07) is 8.81. The molecule has 106 valence electrons. The van der Waals surface area contributed by atoms with E-state index < -0.39 is 4.92 Å². The molecule has 0 atom stereocenters. The number of nitrogens with one attached hydrogen (secondary N) is 1. The van der Waals surface area contributed by atoms with Crippen LogP contribution in [0.25, 0.3) is 0 Å². The number of benzene rings is 1. The lowest BCUT2D eigenvalue weighted by molar-refractivity contribution is -0.385. The Bertz CT molecular complexity index is 615. The molecule has 0 unspecified atom stereocenters. The number of hydrogen-bond acceptors (Lipinski definition) is 5. The van der Waals surface area contributed by atoms with E-state index in [4.69, 9.17) is 4.74 Å². The van der Waals surface area contributed by atoms with Crippen molar-refractivity contribution >= 4 is 38.6 Å². The molecule has 1 aromatic carbocycles. The second-order valence-electron chi connectivity index (χ2n) is 3.93. The topological polar surface area (TPSA) is 64.4 Å². The highest BCUT2D eigenvalue weighted by molar-refractivity contribution is 9.11. The summed E-state index contributed by atoms with van der Waals surface area (Å²) in [5, 5.41) is 14.1. The van der Waals surface area contributed by atoms with Crippen LogP contribution in [-0.4, -0.2) is 11.5 Å². The number of halogens is 1. The van der Waals surface area contributed by atoms with Gasteiger partial charge in [-0.3, -0.25) is 10.1 Å². The molecule has 0 saturated heterocycles. The minimum absolute atomic E-state index is 0.0173. The quantitative estimate of drug-likeness (QED) is 0.614. The van der Waals surface area contributed by atoms with E-state index in [1.807, 2.05) is 12.1 Å². The summed E-state index contributed by atoms with van der Waals surface area (Å²) in [5.74, 6) is 0.287. The molecule has 0 spiro atoms. The van der Waals surface area contributed by atoms with Crippen LogP contribution in [0.15, 0.2) is 34.1 Å². The van der Waals surface area contributed by atoms with Crippen LogP contribution in [0.2, 0.25) is 0 Å². The first-order valence-corrected chi connectivity index (χ1v) is 7.60. The predicted molar refractivity (Wildman–Crippen MR) is 83.6 cm³/mol. The predicted octanol–water partition coefficient (Wildman–Crippen LogP) is 4.43. The van der Waals surface area contributed by atoms with E-state index in [1.54, 1.807) is 30.4 Å². The maximum Gasteiger partial charge on any atom is 0.311 e. The molecule has 1 aromatic heterocycles. The molecule has 20 heavy (non-hydrogen) atoms. The van der Waals surface area contributed by atoms with Gasteiger partial charge < -0.3 is 10.1 Å². The van der Waals surface area contributed by atoms with E-state index in [0.717, 1.165) is 9.47 Å². The lowest BCUT2D eigenvalue weighted by Crippen LogP contribution is -2.01. The normalized spacial score (nSPS) is 10.3. The third-order valence-corrected chi connectivity index (χ3v) is 4.18. The van der Waals surface area contributed by atoms with Gasteiger partial charge in [0, 0.05) is 29.2 Å². The van der Waals surface area contributed by atoms with Gasteiger partial charge in [0.2, 0.25) is 0 Å². The van der Waals surface area contributed by atoms with E-state index in [0.29, 0.717) is 13.2 Å². The van der Waals surface area contributed by atoms with Crippen LogP contribution in [0, 0.1) is 10.1 Å². The van der Waals surface area contributed by atoms with Crippen molar-refractivity contribution in [1.82, 2.24) is 0 Å². The molecule has 0 aliphatic heterocycles. The standard InChI is InChI=1S/C13H13BrN2O3S/c1-2-19-12-7-9(3-5-11(12)16(17)18)15-8-10-4-6-13(14)20-10/h3-7,15H,2,8H2,1H3. The first-order chi connectivity index (χ1) is 9.60. The third kappa shape index (κ3) is 3.71. The molecular formula is C13H13BrN2O3S. The van der Waals surface area contributed by atoms with Gasteiger partial charge in [0.05, 0.1) is 15.3 Å². The Labute approximate surface area is 128 Å². The maximum absolute atomic E-state index is 10.9. The fraction of sp³-hybridized carbons (Fsp3) is 0.231. The number of anilines is 1. The molecule has 5 nitrogen and oxygen atoms in total. The summed E-state index contributed by atoms with van der Waals surface area (Å²) in [6.07, 6.45) is 0. The highest BCUT2D eigenvalue weighted by Crippen LogP contribution is 2.30. The summed E-state index contributed by atoms with van der Waals surface area (Å²) < 4.78 is 6.39. The van der Waals surface area contributed by atoms with Crippen molar-refractivity contribution in [1.29, 1.82) is 0 Å². The first kappa shape index (κ1) is 14.8. The monoisotopic (exact) mass is 356 g/mol. The van der Waals surface area contributed by atoms with Crippen LogP contribution < -0.4 is 10.1 Å². The fourth-order valence-corrected chi connectivity index (χ4v) is 3.10. The number of nitro benzene ring substituents is 1. The van der Waals surface area contributed by atoms with Gasteiger partial charge in [0.1, 0.15) is 0 Å². The molecule has 0 bridgehead atoms. The van der Waals surface area contributed by atoms with Gasteiger partial charge in [-0.15, -0.1) is 11.3 Å². The summed E-state index contributed by atoms with van der Waals surface area (Å²) in [5.41, 5.74) is 0.778. The SMILES string of the molecule is CCOc1cc(NCc2ccc(Br)s2)ccc1[N+](=O)[O-]. The van der Waals surface area contributed by atoms with Crippen molar-refractivity contribution in [3.8, 4) is 5.75 Å². The molecule has 1 heterocycles. The van der Waals surface area contributed by atoms with Gasteiger partial charge >= 0.3 is 5.69 Å². The number of nitrogens with zero attached hydrogens (tertiary/aromatic N) is 1. The molecule has 0 radical (unpaired) electrons. The van der Waals surface area contributed by atoms with Crippen molar-refractivity contribution in [2.24, 2.45) is 0 Å². The van der Waals surface area contributed by atoms with E-state index in [1.165, 1.54) is 10.9 Å². The highest BCUT2D eigenvalue weighted by Gasteiger charge is 2.15. The van der Waals surface area contributed by atoms with Crippen LogP contribution in [-0.2, 0) is 6.54 Å². The van der Waals surface area contributed by atoms with Gasteiger partial charge in [-0.1, -0.05) is 0 Å². The van der Waals surface area contributed by atoms with Crippen LogP contribution in [0.4, 0.5) is 11.4 Å². The van der Waals surface area contributed by atoms with Gasteiger partial charge in [-0.25, -0.2) is 0 Å².